The molecule has 14 heteroatoms. The van der Waals surface area contributed by atoms with Crippen molar-refractivity contribution in [2.24, 2.45) is 0 Å². The van der Waals surface area contributed by atoms with Crippen LogP contribution in [0.25, 0.3) is 0 Å². The number of hydrogen-bond acceptors (Lipinski definition) is 7. The van der Waals surface area contributed by atoms with Crippen LogP contribution in [0.2, 0.25) is 10.0 Å². The zero-order valence-corrected chi connectivity index (χ0v) is 25.7. The van der Waals surface area contributed by atoms with Gasteiger partial charge in [-0.25, -0.2) is 8.42 Å². The number of nitrogens with zero attached hydrogens (tertiary/aromatic N) is 3. The molecule has 0 spiro atoms. The molecule has 1 unspecified atom stereocenters. The Morgan fingerprint density at radius 1 is 1.07 bits per heavy atom. The van der Waals surface area contributed by atoms with Gasteiger partial charge in [0.15, 0.2) is 0 Å². The Kier molecular flexibility index (Phi) is 10.8. The number of ether oxygens (including phenoxy) is 1. The van der Waals surface area contributed by atoms with Crippen molar-refractivity contribution in [3.8, 4) is 5.75 Å². The van der Waals surface area contributed by atoms with E-state index in [4.69, 9.17) is 27.9 Å². The van der Waals surface area contributed by atoms with E-state index in [9.17, 15) is 28.1 Å². The molecule has 224 valence electrons. The molecule has 3 rings (SSSR count). The van der Waals surface area contributed by atoms with E-state index < -0.39 is 39.3 Å². The highest BCUT2D eigenvalue weighted by molar-refractivity contribution is 7.92. The van der Waals surface area contributed by atoms with E-state index in [1.54, 1.807) is 19.1 Å². The number of hydrogen-bond donors (Lipinski definition) is 1. The number of likely N-dealkylation sites (N-methyl/N-ethyl adjacent to an activating group) is 1. The second kappa shape index (κ2) is 13.9. The predicted molar refractivity (Wildman–Crippen MR) is 161 cm³/mol. The fourth-order valence-electron chi connectivity index (χ4n) is 4.27. The van der Waals surface area contributed by atoms with Crippen LogP contribution in [0.1, 0.15) is 24.5 Å². The first kappa shape index (κ1) is 32.6. The van der Waals surface area contributed by atoms with Gasteiger partial charge in [-0.1, -0.05) is 42.3 Å². The lowest BCUT2D eigenvalue weighted by atomic mass is 10.1. The molecule has 3 aromatic rings. The number of nitro groups is 1. The number of benzene rings is 3. The Bertz CT molecular complexity index is 1580. The third-order valence-corrected chi connectivity index (χ3v) is 8.95. The molecule has 0 heterocycles. The molecule has 0 aromatic heterocycles. The molecular weight excluding hydrogens is 607 g/mol. The van der Waals surface area contributed by atoms with Gasteiger partial charge in [0.05, 0.1) is 22.6 Å². The van der Waals surface area contributed by atoms with Gasteiger partial charge in [-0.05, 0) is 61.4 Å². The van der Waals surface area contributed by atoms with Crippen LogP contribution >= 0.6 is 23.2 Å². The third-order valence-electron chi connectivity index (χ3n) is 6.59. The molecule has 0 bridgehead atoms. The first-order valence-corrected chi connectivity index (χ1v) is 14.9. The van der Waals surface area contributed by atoms with E-state index >= 15 is 0 Å². The molecule has 0 fully saturated rings. The van der Waals surface area contributed by atoms with Crippen LogP contribution in [-0.2, 0) is 26.2 Å². The molecule has 1 N–H and O–H groups in total. The maximum atomic E-state index is 14.0. The number of methoxy groups -OCH3 is 1. The zero-order valence-electron chi connectivity index (χ0n) is 23.3. The Labute approximate surface area is 254 Å². The van der Waals surface area contributed by atoms with Gasteiger partial charge < -0.3 is 15.0 Å². The van der Waals surface area contributed by atoms with Crippen LogP contribution in [0.3, 0.4) is 0 Å². The summed E-state index contributed by atoms with van der Waals surface area (Å²) in [4.78, 5) is 38.6. The smallest absolute Gasteiger partial charge is 0.273 e. The molecule has 1 atom stereocenters. The molecule has 2 amide bonds. The van der Waals surface area contributed by atoms with Crippen LogP contribution in [-0.4, -0.2) is 56.8 Å². The number of carbonyl (C=O) groups excluding carboxylic acids is 2. The Hall–Kier alpha value is -3.87. The lowest BCUT2D eigenvalue weighted by Crippen LogP contribution is -2.51. The van der Waals surface area contributed by atoms with Crippen LogP contribution in [0.5, 0.6) is 5.75 Å². The Morgan fingerprint density at radius 2 is 1.74 bits per heavy atom. The van der Waals surface area contributed by atoms with E-state index in [2.05, 4.69) is 5.32 Å². The minimum absolute atomic E-state index is 0.102. The molecule has 3 aromatic carbocycles. The van der Waals surface area contributed by atoms with Crippen molar-refractivity contribution in [2.75, 3.05) is 25.0 Å². The number of nitrogens with one attached hydrogen (secondary N) is 1. The quantitative estimate of drug-likeness (QED) is 0.219. The first-order chi connectivity index (χ1) is 19.8. The minimum Gasteiger partial charge on any atom is -0.497 e. The fraction of sp³-hybridized carbons (Fsp3) is 0.286. The molecule has 0 saturated heterocycles. The molecule has 0 aliphatic carbocycles. The van der Waals surface area contributed by atoms with E-state index in [0.717, 1.165) is 10.4 Å². The summed E-state index contributed by atoms with van der Waals surface area (Å²) in [6, 6.07) is 13.2. The van der Waals surface area contributed by atoms with Crippen LogP contribution in [0, 0.1) is 17.0 Å². The number of sulfonamides is 1. The lowest BCUT2D eigenvalue weighted by molar-refractivity contribution is -0.385. The van der Waals surface area contributed by atoms with Crippen molar-refractivity contribution < 1.29 is 27.7 Å². The standard InChI is InChI=1S/C28H30Cl2N4O7S/c1-5-25(28(36)31-3)32(16-19-7-8-20(29)14-24(19)30)27(35)17-33(21-9-11-22(41-4)12-10-21)42(39,40)23-13-6-18(2)26(15-23)34(37)38/h6-15,25H,5,16-17H2,1-4H3,(H,31,36). The molecule has 0 aliphatic heterocycles. The average Bonchev–Trinajstić information content (AvgIpc) is 2.96. The molecular formula is C28H30Cl2N4O7S. The fourth-order valence-corrected chi connectivity index (χ4v) is 6.17. The predicted octanol–water partition coefficient (Wildman–Crippen LogP) is 4.97. The van der Waals surface area contributed by atoms with Crippen molar-refractivity contribution in [1.82, 2.24) is 10.2 Å². The first-order valence-electron chi connectivity index (χ1n) is 12.7. The van der Waals surface area contributed by atoms with Crippen molar-refractivity contribution >= 4 is 56.4 Å². The monoisotopic (exact) mass is 636 g/mol. The Balaban J connectivity index is 2.13. The number of amides is 2. The molecule has 0 saturated carbocycles. The highest BCUT2D eigenvalue weighted by Gasteiger charge is 2.34. The number of rotatable bonds is 12. The third kappa shape index (κ3) is 7.30. The maximum Gasteiger partial charge on any atom is 0.273 e. The van der Waals surface area contributed by atoms with Crippen LogP contribution < -0.4 is 14.4 Å². The number of anilines is 1. The van der Waals surface area contributed by atoms with Gasteiger partial charge in [-0.2, -0.15) is 0 Å². The highest BCUT2D eigenvalue weighted by atomic mass is 35.5. The van der Waals surface area contributed by atoms with Crippen LogP contribution in [0.4, 0.5) is 11.4 Å². The van der Waals surface area contributed by atoms with E-state index in [0.29, 0.717) is 16.3 Å². The van der Waals surface area contributed by atoms with Gasteiger partial charge in [0.25, 0.3) is 15.7 Å². The number of nitro benzene ring substituents is 1. The van der Waals surface area contributed by atoms with Gasteiger partial charge >= 0.3 is 0 Å². The van der Waals surface area contributed by atoms with Gasteiger partial charge in [-0.3, -0.25) is 24.0 Å². The zero-order chi connectivity index (χ0) is 31.2. The average molecular weight is 638 g/mol. The summed E-state index contributed by atoms with van der Waals surface area (Å²) >= 11 is 12.4. The molecule has 11 nitrogen and oxygen atoms in total. The van der Waals surface area contributed by atoms with Crippen molar-refractivity contribution in [2.45, 2.75) is 37.8 Å². The van der Waals surface area contributed by atoms with Crippen molar-refractivity contribution in [1.29, 1.82) is 0 Å². The van der Waals surface area contributed by atoms with E-state index in [-0.39, 0.29) is 39.8 Å². The minimum atomic E-state index is -4.52. The number of halogens is 2. The van der Waals surface area contributed by atoms with Gasteiger partial charge in [0.1, 0.15) is 18.3 Å². The summed E-state index contributed by atoms with van der Waals surface area (Å²) in [6.07, 6.45) is 0.218. The maximum absolute atomic E-state index is 14.0. The van der Waals surface area contributed by atoms with E-state index in [1.807, 2.05) is 0 Å². The molecule has 0 aliphatic rings. The van der Waals surface area contributed by atoms with Gasteiger partial charge in [-0.15, -0.1) is 0 Å². The largest absolute Gasteiger partial charge is 0.497 e. The van der Waals surface area contributed by atoms with Crippen molar-refractivity contribution in [3.63, 3.8) is 0 Å². The topological polar surface area (TPSA) is 139 Å². The number of aryl methyl sites for hydroxylation is 1. The lowest BCUT2D eigenvalue weighted by Gasteiger charge is -2.33. The van der Waals surface area contributed by atoms with Gasteiger partial charge in [0.2, 0.25) is 11.8 Å². The second-order valence-corrected chi connectivity index (χ2v) is 11.9. The summed E-state index contributed by atoms with van der Waals surface area (Å²) in [5.74, 6) is -0.723. The SMILES string of the molecule is CCC(C(=O)NC)N(Cc1ccc(Cl)cc1Cl)C(=O)CN(c1ccc(OC)cc1)S(=O)(=O)c1ccc(C)c([N+](=O)[O-])c1. The number of carbonyl (C=O) groups is 2. The summed E-state index contributed by atoms with van der Waals surface area (Å²) < 4.78 is 34.0. The normalized spacial score (nSPS) is 11.9. The summed E-state index contributed by atoms with van der Waals surface area (Å²) in [5.41, 5.74) is 0.477. The molecule has 42 heavy (non-hydrogen) atoms. The summed E-state index contributed by atoms with van der Waals surface area (Å²) in [6.45, 7) is 2.36. The van der Waals surface area contributed by atoms with Gasteiger partial charge in [0, 0.05) is 35.3 Å². The highest BCUT2D eigenvalue weighted by Crippen LogP contribution is 2.30. The second-order valence-electron chi connectivity index (χ2n) is 9.21. The summed E-state index contributed by atoms with van der Waals surface area (Å²) in [5, 5.41) is 14.7. The molecule has 0 radical (unpaired) electrons. The Morgan fingerprint density at radius 3 is 2.29 bits per heavy atom. The van der Waals surface area contributed by atoms with E-state index in [1.165, 1.54) is 68.4 Å². The van der Waals surface area contributed by atoms with Crippen molar-refractivity contribution in [3.05, 3.63) is 92.0 Å². The summed E-state index contributed by atoms with van der Waals surface area (Å²) in [7, 11) is -1.65. The van der Waals surface area contributed by atoms with Crippen LogP contribution in [0.15, 0.2) is 65.6 Å².